The van der Waals surface area contributed by atoms with Crippen LogP contribution in [0, 0.1) is 0 Å². The summed E-state index contributed by atoms with van der Waals surface area (Å²) in [6.07, 6.45) is 2.22. The molecule has 126 valence electrons. The van der Waals surface area contributed by atoms with E-state index in [9.17, 15) is 19.2 Å². The number of ether oxygens (including phenoxy) is 1. The van der Waals surface area contributed by atoms with Crippen LogP contribution in [0.4, 0.5) is 4.79 Å². The average Bonchev–Trinajstić information content (AvgIpc) is 2.86. The minimum Gasteiger partial charge on any atom is -0.451 e. The first-order chi connectivity index (χ1) is 10.7. The fourth-order valence-electron chi connectivity index (χ4n) is 1.69. The van der Waals surface area contributed by atoms with Gasteiger partial charge in [-0.2, -0.15) is 0 Å². The van der Waals surface area contributed by atoms with Crippen molar-refractivity contribution < 1.29 is 23.9 Å². The molecule has 0 aromatic carbocycles. The van der Waals surface area contributed by atoms with Crippen LogP contribution in [-0.4, -0.2) is 40.9 Å². The number of Topliss-reactive ketones (excluding diaryl/α,β-unsaturated/α-hetero) is 1. The first kappa shape index (κ1) is 18.4. The summed E-state index contributed by atoms with van der Waals surface area (Å²) in [5.41, 5.74) is 0.517. The maximum atomic E-state index is 11.9. The van der Waals surface area contributed by atoms with Crippen molar-refractivity contribution in [3.8, 4) is 0 Å². The number of hydrogen-bond donors (Lipinski definition) is 2. The Kier molecular flexibility index (Phi) is 6.49. The van der Waals surface area contributed by atoms with Crippen molar-refractivity contribution in [1.29, 1.82) is 0 Å². The summed E-state index contributed by atoms with van der Waals surface area (Å²) in [5.74, 6) is -1.67. The third-order valence-corrected chi connectivity index (χ3v) is 3.20. The van der Waals surface area contributed by atoms with Gasteiger partial charge in [0.05, 0.1) is 0 Å². The molecule has 8 nitrogen and oxygen atoms in total. The Bertz CT molecular complexity index is 621. The van der Waals surface area contributed by atoms with Crippen molar-refractivity contribution in [3.63, 3.8) is 0 Å². The van der Waals surface area contributed by atoms with Gasteiger partial charge in [-0.15, -0.1) is 0 Å². The third kappa shape index (κ3) is 5.57. The van der Waals surface area contributed by atoms with Crippen LogP contribution < -0.4 is 10.6 Å². The van der Waals surface area contributed by atoms with E-state index in [4.69, 9.17) is 4.74 Å². The molecule has 1 rings (SSSR count). The SMILES string of the molecule is CC[C@@H](C)NC(=O)NC(=O)COC(=O)c1cc(C(C)=O)cn1C. The van der Waals surface area contributed by atoms with E-state index in [0.29, 0.717) is 5.56 Å². The summed E-state index contributed by atoms with van der Waals surface area (Å²) in [4.78, 5) is 46.1. The number of hydrogen-bond acceptors (Lipinski definition) is 5. The lowest BCUT2D eigenvalue weighted by Gasteiger charge is -2.11. The van der Waals surface area contributed by atoms with Gasteiger partial charge in [-0.25, -0.2) is 9.59 Å². The number of amides is 3. The van der Waals surface area contributed by atoms with E-state index in [1.807, 2.05) is 6.92 Å². The summed E-state index contributed by atoms with van der Waals surface area (Å²) >= 11 is 0. The smallest absolute Gasteiger partial charge is 0.355 e. The van der Waals surface area contributed by atoms with Crippen LogP contribution in [0.1, 0.15) is 48.0 Å². The van der Waals surface area contributed by atoms with Crippen molar-refractivity contribution in [3.05, 3.63) is 23.5 Å². The Balaban J connectivity index is 2.51. The van der Waals surface area contributed by atoms with Gasteiger partial charge in [-0.3, -0.25) is 14.9 Å². The molecule has 0 fully saturated rings. The fraction of sp³-hybridized carbons (Fsp3) is 0.467. The van der Waals surface area contributed by atoms with E-state index >= 15 is 0 Å². The molecule has 0 bridgehead atoms. The molecule has 8 heteroatoms. The van der Waals surface area contributed by atoms with Gasteiger partial charge in [0.2, 0.25) is 0 Å². The number of rotatable bonds is 6. The van der Waals surface area contributed by atoms with E-state index in [2.05, 4.69) is 10.6 Å². The van der Waals surface area contributed by atoms with Gasteiger partial charge < -0.3 is 14.6 Å². The normalized spacial score (nSPS) is 11.5. The Morgan fingerprint density at radius 2 is 1.96 bits per heavy atom. The largest absolute Gasteiger partial charge is 0.451 e. The molecule has 1 aromatic heterocycles. The minimum absolute atomic E-state index is 0.0706. The number of aryl methyl sites for hydroxylation is 1. The van der Waals surface area contributed by atoms with Crippen LogP contribution in [0.5, 0.6) is 0 Å². The predicted molar refractivity (Wildman–Crippen MR) is 82.1 cm³/mol. The lowest BCUT2D eigenvalue weighted by molar-refractivity contribution is -0.123. The van der Waals surface area contributed by atoms with E-state index in [0.717, 1.165) is 6.42 Å². The highest BCUT2D eigenvalue weighted by molar-refractivity contribution is 5.99. The van der Waals surface area contributed by atoms with E-state index in [1.165, 1.54) is 23.8 Å². The Hall–Kier alpha value is -2.64. The Labute approximate surface area is 134 Å². The summed E-state index contributed by atoms with van der Waals surface area (Å²) < 4.78 is 6.27. The van der Waals surface area contributed by atoms with Gasteiger partial charge in [-0.05, 0) is 26.3 Å². The van der Waals surface area contributed by atoms with Crippen molar-refractivity contribution in [1.82, 2.24) is 15.2 Å². The van der Waals surface area contributed by atoms with Crippen LogP contribution in [0.3, 0.4) is 0 Å². The average molecular weight is 323 g/mol. The molecule has 0 saturated heterocycles. The fourth-order valence-corrected chi connectivity index (χ4v) is 1.69. The van der Waals surface area contributed by atoms with E-state index < -0.39 is 24.5 Å². The standard InChI is InChI=1S/C15H21N3O5/c1-5-9(2)16-15(22)17-13(20)8-23-14(21)12-6-11(10(3)19)7-18(12)4/h6-7,9H,5,8H2,1-4H3,(H2,16,17,20,22)/t9-/m1/s1. The van der Waals surface area contributed by atoms with Gasteiger partial charge in [-0.1, -0.05) is 6.92 Å². The lowest BCUT2D eigenvalue weighted by Crippen LogP contribution is -2.44. The van der Waals surface area contributed by atoms with E-state index in [-0.39, 0.29) is 17.5 Å². The molecule has 1 heterocycles. The minimum atomic E-state index is -0.752. The van der Waals surface area contributed by atoms with Crippen LogP contribution in [0.15, 0.2) is 12.3 Å². The van der Waals surface area contributed by atoms with Crippen molar-refractivity contribution in [2.45, 2.75) is 33.2 Å². The van der Waals surface area contributed by atoms with Crippen molar-refractivity contribution >= 4 is 23.7 Å². The molecule has 1 aromatic rings. The molecule has 0 aliphatic heterocycles. The van der Waals surface area contributed by atoms with E-state index in [1.54, 1.807) is 14.0 Å². The number of ketones is 1. The molecule has 23 heavy (non-hydrogen) atoms. The number of urea groups is 1. The molecule has 0 radical (unpaired) electrons. The Morgan fingerprint density at radius 1 is 1.30 bits per heavy atom. The molecule has 2 N–H and O–H groups in total. The second-order valence-corrected chi connectivity index (χ2v) is 5.19. The second-order valence-electron chi connectivity index (χ2n) is 5.19. The number of esters is 1. The van der Waals surface area contributed by atoms with Crippen LogP contribution in [0.25, 0.3) is 0 Å². The molecule has 0 saturated carbocycles. The first-order valence-corrected chi connectivity index (χ1v) is 7.19. The highest BCUT2D eigenvalue weighted by atomic mass is 16.5. The first-order valence-electron chi connectivity index (χ1n) is 7.19. The maximum absolute atomic E-state index is 11.9. The van der Waals surface area contributed by atoms with Gasteiger partial charge in [0.1, 0.15) is 5.69 Å². The zero-order valence-electron chi connectivity index (χ0n) is 13.6. The summed E-state index contributed by atoms with van der Waals surface area (Å²) in [6, 6.07) is 0.676. The lowest BCUT2D eigenvalue weighted by atomic mass is 10.2. The molecule has 3 amide bonds. The summed E-state index contributed by atoms with van der Waals surface area (Å²) in [7, 11) is 1.59. The molecular weight excluding hydrogens is 302 g/mol. The summed E-state index contributed by atoms with van der Waals surface area (Å²) in [6.45, 7) is 4.48. The number of imide groups is 1. The monoisotopic (exact) mass is 323 g/mol. The van der Waals surface area contributed by atoms with Gasteiger partial charge in [0, 0.05) is 24.8 Å². The van der Waals surface area contributed by atoms with Crippen LogP contribution in [-0.2, 0) is 16.6 Å². The van der Waals surface area contributed by atoms with Gasteiger partial charge in [0.15, 0.2) is 12.4 Å². The molecule has 0 aliphatic carbocycles. The molecule has 0 spiro atoms. The number of carbonyl (C=O) groups is 4. The molecule has 1 atom stereocenters. The Morgan fingerprint density at radius 3 is 2.48 bits per heavy atom. The van der Waals surface area contributed by atoms with Crippen LogP contribution in [0.2, 0.25) is 0 Å². The van der Waals surface area contributed by atoms with Gasteiger partial charge >= 0.3 is 12.0 Å². The highest BCUT2D eigenvalue weighted by Crippen LogP contribution is 2.09. The quantitative estimate of drug-likeness (QED) is 0.600. The highest BCUT2D eigenvalue weighted by Gasteiger charge is 2.17. The topological polar surface area (TPSA) is 106 Å². The second kappa shape index (κ2) is 8.11. The van der Waals surface area contributed by atoms with Crippen LogP contribution >= 0.6 is 0 Å². The number of nitrogens with zero attached hydrogens (tertiary/aromatic N) is 1. The third-order valence-electron chi connectivity index (χ3n) is 3.20. The molecule has 0 aliphatic rings. The maximum Gasteiger partial charge on any atom is 0.355 e. The number of nitrogens with one attached hydrogen (secondary N) is 2. The number of carbonyl (C=O) groups excluding carboxylic acids is 4. The molecular formula is C15H21N3O5. The zero-order chi connectivity index (χ0) is 17.6. The zero-order valence-corrected chi connectivity index (χ0v) is 13.6. The summed E-state index contributed by atoms with van der Waals surface area (Å²) in [5, 5.41) is 4.61. The van der Waals surface area contributed by atoms with Crippen molar-refractivity contribution in [2.24, 2.45) is 7.05 Å². The molecule has 0 unspecified atom stereocenters. The van der Waals surface area contributed by atoms with Crippen molar-refractivity contribution in [2.75, 3.05) is 6.61 Å². The van der Waals surface area contributed by atoms with Gasteiger partial charge in [0.25, 0.3) is 5.91 Å². The number of aromatic nitrogens is 1. The predicted octanol–water partition coefficient (Wildman–Crippen LogP) is 1.01.